The third-order valence-electron chi connectivity index (χ3n) is 12.0. The molecule has 0 heterocycles. The first-order valence-corrected chi connectivity index (χ1v) is 19.7. The van der Waals surface area contributed by atoms with Crippen LogP contribution in [0.25, 0.3) is 109 Å². The van der Waals surface area contributed by atoms with Crippen molar-refractivity contribution in [1.29, 1.82) is 0 Å². The molecule has 57 heavy (non-hydrogen) atoms. The Labute approximate surface area is 330 Å². The third-order valence-corrected chi connectivity index (χ3v) is 12.0. The van der Waals surface area contributed by atoms with Gasteiger partial charge in [-0.3, -0.25) is 0 Å². The molecule has 0 bridgehead atoms. The number of benzene rings is 12. The molecule has 0 aliphatic heterocycles. The maximum absolute atomic E-state index is 7.27. The molecule has 0 atom stereocenters. The van der Waals surface area contributed by atoms with E-state index in [2.05, 4.69) is 206 Å². The molecule has 264 valence electrons. The molecule has 0 radical (unpaired) electrons. The second kappa shape index (κ2) is 12.5. The van der Waals surface area contributed by atoms with Crippen LogP contribution in [0.4, 0.5) is 0 Å². The van der Waals surface area contributed by atoms with Crippen LogP contribution in [0.1, 0.15) is 0 Å². The summed E-state index contributed by atoms with van der Waals surface area (Å²) >= 11 is 0. The molecule has 1 heteroatoms. The van der Waals surface area contributed by atoms with E-state index in [0.717, 1.165) is 38.4 Å². The van der Waals surface area contributed by atoms with E-state index in [0.29, 0.717) is 0 Å². The first kappa shape index (κ1) is 31.8. The lowest BCUT2D eigenvalue weighted by Crippen LogP contribution is -1.95. The SMILES string of the molecule is c1ccc(-c2c(-c3ccccc3)c3cc(-c4c5ccccc5c(Oc5cc6cccc7ccc8cccc5c8c76)c5ccccc45)ccc3c3ccccc23)cc1. The van der Waals surface area contributed by atoms with Crippen LogP contribution in [0.3, 0.4) is 0 Å². The van der Waals surface area contributed by atoms with E-state index in [9.17, 15) is 0 Å². The summed E-state index contributed by atoms with van der Waals surface area (Å²) in [7, 11) is 0. The number of ether oxygens (including phenoxy) is 1. The van der Waals surface area contributed by atoms with Gasteiger partial charge in [0.05, 0.1) is 0 Å². The summed E-state index contributed by atoms with van der Waals surface area (Å²) < 4.78 is 7.27. The van der Waals surface area contributed by atoms with Gasteiger partial charge in [-0.25, -0.2) is 0 Å². The number of hydrogen-bond donors (Lipinski definition) is 0. The molecule has 12 rings (SSSR count). The first-order valence-electron chi connectivity index (χ1n) is 19.7. The minimum absolute atomic E-state index is 0.869. The molecule has 12 aromatic rings. The predicted molar refractivity (Wildman–Crippen MR) is 243 cm³/mol. The lowest BCUT2D eigenvalue weighted by molar-refractivity contribution is 0.500. The van der Waals surface area contributed by atoms with Crippen LogP contribution in [-0.4, -0.2) is 0 Å². The Balaban J connectivity index is 1.15. The van der Waals surface area contributed by atoms with Crippen molar-refractivity contribution in [3.8, 4) is 44.9 Å². The highest BCUT2D eigenvalue weighted by atomic mass is 16.5. The molecule has 0 saturated carbocycles. The van der Waals surface area contributed by atoms with Gasteiger partial charge in [0.15, 0.2) is 0 Å². The van der Waals surface area contributed by atoms with Gasteiger partial charge in [0.2, 0.25) is 0 Å². The van der Waals surface area contributed by atoms with E-state index in [1.54, 1.807) is 0 Å². The summed E-state index contributed by atoms with van der Waals surface area (Å²) in [6, 6.07) is 75.0. The van der Waals surface area contributed by atoms with Crippen molar-refractivity contribution in [1.82, 2.24) is 0 Å². The fourth-order valence-corrected chi connectivity index (χ4v) is 9.59. The molecule has 0 spiro atoms. The van der Waals surface area contributed by atoms with Crippen molar-refractivity contribution < 1.29 is 4.74 Å². The van der Waals surface area contributed by atoms with E-state index in [1.807, 2.05) is 0 Å². The fourth-order valence-electron chi connectivity index (χ4n) is 9.59. The van der Waals surface area contributed by atoms with Crippen LogP contribution >= 0.6 is 0 Å². The summed E-state index contributed by atoms with van der Waals surface area (Å²) in [5, 5.41) is 16.8. The quantitative estimate of drug-likeness (QED) is 0.127. The van der Waals surface area contributed by atoms with E-state index >= 15 is 0 Å². The zero-order chi connectivity index (χ0) is 37.5. The number of fused-ring (bicyclic) bond motifs is 5. The van der Waals surface area contributed by atoms with Gasteiger partial charge in [0, 0.05) is 21.5 Å². The Hall–Kier alpha value is -7.48. The average Bonchev–Trinajstić information content (AvgIpc) is 3.28. The average molecular weight is 723 g/mol. The molecule has 1 nitrogen and oxygen atoms in total. The molecule has 0 amide bonds. The Morgan fingerprint density at radius 2 is 0.719 bits per heavy atom. The third kappa shape index (κ3) is 4.83. The molecule has 12 aromatic carbocycles. The van der Waals surface area contributed by atoms with Crippen LogP contribution in [0, 0.1) is 0 Å². The zero-order valence-corrected chi connectivity index (χ0v) is 31.0. The van der Waals surface area contributed by atoms with Gasteiger partial charge in [-0.05, 0) is 99.4 Å². The number of rotatable bonds is 5. The van der Waals surface area contributed by atoms with E-state index in [1.165, 1.54) is 81.9 Å². The zero-order valence-electron chi connectivity index (χ0n) is 31.0. The lowest BCUT2D eigenvalue weighted by atomic mass is 9.83. The van der Waals surface area contributed by atoms with Gasteiger partial charge in [-0.1, -0.05) is 194 Å². The van der Waals surface area contributed by atoms with Crippen molar-refractivity contribution in [2.75, 3.05) is 0 Å². The minimum atomic E-state index is 0.869. The summed E-state index contributed by atoms with van der Waals surface area (Å²) in [4.78, 5) is 0. The summed E-state index contributed by atoms with van der Waals surface area (Å²) in [5.74, 6) is 1.75. The molecule has 0 aliphatic carbocycles. The van der Waals surface area contributed by atoms with Crippen molar-refractivity contribution >= 4 is 75.4 Å². The molecule has 0 saturated heterocycles. The lowest BCUT2D eigenvalue weighted by Gasteiger charge is -2.21. The van der Waals surface area contributed by atoms with Gasteiger partial charge >= 0.3 is 0 Å². The molecule has 0 aliphatic rings. The Bertz CT molecular complexity index is 3470. The Kier molecular flexibility index (Phi) is 7.00. The topological polar surface area (TPSA) is 9.23 Å². The molecule has 0 aromatic heterocycles. The number of hydrogen-bond acceptors (Lipinski definition) is 1. The highest BCUT2D eigenvalue weighted by Gasteiger charge is 2.22. The minimum Gasteiger partial charge on any atom is -0.455 e. The van der Waals surface area contributed by atoms with Crippen molar-refractivity contribution in [2.45, 2.75) is 0 Å². The summed E-state index contributed by atoms with van der Waals surface area (Å²) in [6.45, 7) is 0. The highest BCUT2D eigenvalue weighted by Crippen LogP contribution is 2.50. The van der Waals surface area contributed by atoms with Gasteiger partial charge in [0.25, 0.3) is 0 Å². The first-order chi connectivity index (χ1) is 28.3. The summed E-state index contributed by atoms with van der Waals surface area (Å²) in [6.07, 6.45) is 0. The van der Waals surface area contributed by atoms with Gasteiger partial charge in [-0.2, -0.15) is 0 Å². The van der Waals surface area contributed by atoms with Crippen LogP contribution in [0.15, 0.2) is 206 Å². The molecule has 0 N–H and O–H groups in total. The van der Waals surface area contributed by atoms with Crippen molar-refractivity contribution in [2.24, 2.45) is 0 Å². The fraction of sp³-hybridized carbons (Fsp3) is 0. The van der Waals surface area contributed by atoms with Crippen LogP contribution in [0.5, 0.6) is 11.5 Å². The Morgan fingerprint density at radius 1 is 0.246 bits per heavy atom. The maximum Gasteiger partial charge on any atom is 0.143 e. The van der Waals surface area contributed by atoms with Crippen LogP contribution in [-0.2, 0) is 0 Å². The van der Waals surface area contributed by atoms with Gasteiger partial charge in [0.1, 0.15) is 11.5 Å². The van der Waals surface area contributed by atoms with Gasteiger partial charge < -0.3 is 4.74 Å². The van der Waals surface area contributed by atoms with Gasteiger partial charge in [-0.15, -0.1) is 0 Å². The van der Waals surface area contributed by atoms with E-state index < -0.39 is 0 Å². The molecular weight excluding hydrogens is 689 g/mol. The largest absolute Gasteiger partial charge is 0.455 e. The van der Waals surface area contributed by atoms with Crippen molar-refractivity contribution in [3.63, 3.8) is 0 Å². The molecular formula is C56H34O. The van der Waals surface area contributed by atoms with Crippen LogP contribution < -0.4 is 4.74 Å². The summed E-state index contributed by atoms with van der Waals surface area (Å²) in [5.41, 5.74) is 7.31. The Morgan fingerprint density at radius 3 is 1.37 bits per heavy atom. The predicted octanol–water partition coefficient (Wildman–Crippen LogP) is 16.0. The standard InChI is InChI=1S/C56H34O/c1-3-15-35(16-4-1)53-43-23-8-7-22-41(43)42-32-31-40(33-49(42)55(53)36-17-5-2-6-18-36)52-44-24-9-11-26-46(44)56(47-27-12-10-25-45(47)52)57-50-34-39-21-13-19-37-29-30-38-20-14-28-48(50)54(38)51(37)39/h1-34H. The van der Waals surface area contributed by atoms with Crippen molar-refractivity contribution in [3.05, 3.63) is 206 Å². The molecule has 0 fully saturated rings. The second-order valence-corrected chi connectivity index (χ2v) is 15.1. The normalized spacial score (nSPS) is 11.9. The highest BCUT2D eigenvalue weighted by molar-refractivity contribution is 6.26. The monoisotopic (exact) mass is 722 g/mol. The maximum atomic E-state index is 7.27. The van der Waals surface area contributed by atoms with E-state index in [-0.39, 0.29) is 0 Å². The smallest absolute Gasteiger partial charge is 0.143 e. The van der Waals surface area contributed by atoms with Crippen LogP contribution in [0.2, 0.25) is 0 Å². The molecule has 0 unspecified atom stereocenters. The second-order valence-electron chi connectivity index (χ2n) is 15.1. The van der Waals surface area contributed by atoms with E-state index in [4.69, 9.17) is 4.74 Å².